The largest absolute Gasteiger partial charge is 0.378 e. The Hall–Kier alpha value is -1.80. The molecule has 1 aliphatic heterocycles. The molecule has 8 nitrogen and oxygen atoms in total. The van der Waals surface area contributed by atoms with Crippen LogP contribution in [0.1, 0.15) is 44.2 Å². The molecule has 0 aromatic carbocycles. The van der Waals surface area contributed by atoms with Crippen molar-refractivity contribution in [3.8, 4) is 0 Å². The summed E-state index contributed by atoms with van der Waals surface area (Å²) in [7, 11) is 0. The highest BCUT2D eigenvalue weighted by Crippen LogP contribution is 2.24. The predicted molar refractivity (Wildman–Crippen MR) is 78.0 cm³/mol. The maximum absolute atomic E-state index is 5.56. The summed E-state index contributed by atoms with van der Waals surface area (Å²) in [6.45, 7) is 10.8. The highest BCUT2D eigenvalue weighted by molar-refractivity contribution is 4.99. The molecule has 0 aliphatic carbocycles. The predicted octanol–water partition coefficient (Wildman–Crippen LogP) is 1.30. The van der Waals surface area contributed by atoms with E-state index in [1.165, 1.54) is 0 Å². The van der Waals surface area contributed by atoms with Crippen molar-refractivity contribution in [1.82, 2.24) is 30.0 Å². The number of ether oxygens (including phenoxy) is 1. The highest BCUT2D eigenvalue weighted by Gasteiger charge is 2.30. The van der Waals surface area contributed by atoms with Gasteiger partial charge in [-0.1, -0.05) is 10.4 Å². The molecule has 2 aromatic heterocycles. The van der Waals surface area contributed by atoms with Crippen LogP contribution >= 0.6 is 0 Å². The van der Waals surface area contributed by atoms with Crippen molar-refractivity contribution in [2.24, 2.45) is 0 Å². The van der Waals surface area contributed by atoms with Gasteiger partial charge in [-0.3, -0.25) is 4.90 Å². The second kappa shape index (κ2) is 5.77. The third-order valence-electron chi connectivity index (χ3n) is 3.66. The first kappa shape index (κ1) is 15.1. The zero-order valence-corrected chi connectivity index (χ0v) is 13.5. The fourth-order valence-electron chi connectivity index (χ4n) is 2.41. The maximum Gasteiger partial charge on any atom is 0.246 e. The number of nitrogens with zero attached hydrogens (tertiary/aromatic N) is 6. The van der Waals surface area contributed by atoms with E-state index < -0.39 is 0 Å². The van der Waals surface area contributed by atoms with Crippen molar-refractivity contribution in [2.45, 2.75) is 45.8 Å². The summed E-state index contributed by atoms with van der Waals surface area (Å²) in [5, 5.41) is 12.4. The molecule has 1 fully saturated rings. The third-order valence-corrected chi connectivity index (χ3v) is 3.66. The molecule has 1 atom stereocenters. The first-order valence-corrected chi connectivity index (χ1v) is 7.47. The highest BCUT2D eigenvalue weighted by atomic mass is 16.5. The Morgan fingerprint density at radius 1 is 1.36 bits per heavy atom. The Kier molecular flexibility index (Phi) is 3.96. The van der Waals surface area contributed by atoms with E-state index in [1.54, 1.807) is 0 Å². The molecule has 0 saturated carbocycles. The molecule has 3 heterocycles. The van der Waals surface area contributed by atoms with E-state index in [1.807, 2.05) is 17.8 Å². The van der Waals surface area contributed by atoms with E-state index in [4.69, 9.17) is 9.26 Å². The molecule has 2 aromatic rings. The second-order valence-corrected chi connectivity index (χ2v) is 6.57. The van der Waals surface area contributed by atoms with Crippen LogP contribution in [0.15, 0.2) is 10.7 Å². The first-order valence-electron chi connectivity index (χ1n) is 7.47. The SMILES string of the molecule is Cc1noc([C@@H]2COCCN2Cc2cn(C(C)(C)C)nn2)n1. The van der Waals surface area contributed by atoms with E-state index in [2.05, 4.69) is 46.1 Å². The van der Waals surface area contributed by atoms with Gasteiger partial charge in [-0.15, -0.1) is 5.10 Å². The Morgan fingerprint density at radius 3 is 2.82 bits per heavy atom. The first-order chi connectivity index (χ1) is 10.4. The standard InChI is InChI=1S/C14H22N6O2/c1-10-15-13(22-17-10)12-9-21-6-5-19(12)7-11-8-20(18-16-11)14(2,3)4/h8,12H,5-7,9H2,1-4H3/t12-/m0/s1. The van der Waals surface area contributed by atoms with Gasteiger partial charge in [-0.25, -0.2) is 4.68 Å². The minimum atomic E-state index is -0.0702. The lowest BCUT2D eigenvalue weighted by molar-refractivity contribution is -0.0246. The normalized spacial score (nSPS) is 20.5. The van der Waals surface area contributed by atoms with Gasteiger partial charge in [0.25, 0.3) is 0 Å². The molecule has 0 amide bonds. The average molecular weight is 306 g/mol. The van der Waals surface area contributed by atoms with Gasteiger partial charge in [0.1, 0.15) is 6.04 Å². The molecular weight excluding hydrogens is 284 g/mol. The molecule has 3 rings (SSSR count). The molecule has 0 N–H and O–H groups in total. The molecule has 0 spiro atoms. The Labute approximate surface area is 129 Å². The molecule has 0 unspecified atom stereocenters. The monoisotopic (exact) mass is 306 g/mol. The van der Waals surface area contributed by atoms with Crippen LogP contribution in [-0.2, 0) is 16.8 Å². The number of hydrogen-bond donors (Lipinski definition) is 0. The average Bonchev–Trinajstić information content (AvgIpc) is 3.08. The van der Waals surface area contributed by atoms with E-state index in [0.717, 1.165) is 12.2 Å². The van der Waals surface area contributed by atoms with E-state index in [0.29, 0.717) is 31.5 Å². The van der Waals surface area contributed by atoms with E-state index in [-0.39, 0.29) is 11.6 Å². The molecule has 8 heteroatoms. The summed E-state index contributed by atoms with van der Waals surface area (Å²) in [6, 6.07) is -0.0327. The molecule has 1 saturated heterocycles. The minimum absolute atomic E-state index is 0.0327. The van der Waals surface area contributed by atoms with Crippen LogP contribution in [0.25, 0.3) is 0 Å². The quantitative estimate of drug-likeness (QED) is 0.845. The Bertz CT molecular complexity index is 629. The van der Waals surface area contributed by atoms with Gasteiger partial charge in [0.05, 0.1) is 30.6 Å². The zero-order valence-electron chi connectivity index (χ0n) is 13.5. The smallest absolute Gasteiger partial charge is 0.246 e. The van der Waals surface area contributed by atoms with Crippen molar-refractivity contribution in [2.75, 3.05) is 19.8 Å². The van der Waals surface area contributed by atoms with E-state index in [9.17, 15) is 0 Å². The lowest BCUT2D eigenvalue weighted by atomic mass is 10.1. The van der Waals surface area contributed by atoms with Crippen LogP contribution in [0, 0.1) is 6.92 Å². The number of morpholine rings is 1. The van der Waals surface area contributed by atoms with Crippen molar-refractivity contribution < 1.29 is 9.26 Å². The molecular formula is C14H22N6O2. The lowest BCUT2D eigenvalue weighted by Gasteiger charge is -2.32. The number of rotatable bonds is 3. The number of aryl methyl sites for hydroxylation is 1. The summed E-state index contributed by atoms with van der Waals surface area (Å²) < 4.78 is 12.8. The topological polar surface area (TPSA) is 82.1 Å². The Balaban J connectivity index is 1.75. The van der Waals surface area contributed by atoms with Gasteiger partial charge in [-0.05, 0) is 27.7 Å². The van der Waals surface area contributed by atoms with Crippen LogP contribution in [-0.4, -0.2) is 49.8 Å². The summed E-state index contributed by atoms with van der Waals surface area (Å²) >= 11 is 0. The van der Waals surface area contributed by atoms with Crippen molar-refractivity contribution in [3.63, 3.8) is 0 Å². The second-order valence-electron chi connectivity index (χ2n) is 6.57. The van der Waals surface area contributed by atoms with Crippen LogP contribution in [0.5, 0.6) is 0 Å². The fourth-order valence-corrected chi connectivity index (χ4v) is 2.41. The molecule has 22 heavy (non-hydrogen) atoms. The third kappa shape index (κ3) is 3.17. The molecule has 120 valence electrons. The van der Waals surface area contributed by atoms with Crippen LogP contribution < -0.4 is 0 Å². The van der Waals surface area contributed by atoms with Crippen LogP contribution in [0.3, 0.4) is 0 Å². The summed E-state index contributed by atoms with van der Waals surface area (Å²) in [4.78, 5) is 6.57. The summed E-state index contributed by atoms with van der Waals surface area (Å²) in [6.07, 6.45) is 1.99. The zero-order chi connectivity index (χ0) is 15.7. The van der Waals surface area contributed by atoms with Gasteiger partial charge >= 0.3 is 0 Å². The van der Waals surface area contributed by atoms with Gasteiger partial charge in [0.2, 0.25) is 5.89 Å². The molecule has 0 radical (unpaired) electrons. The van der Waals surface area contributed by atoms with E-state index >= 15 is 0 Å². The van der Waals surface area contributed by atoms with Crippen molar-refractivity contribution in [1.29, 1.82) is 0 Å². The van der Waals surface area contributed by atoms with Crippen LogP contribution in [0.2, 0.25) is 0 Å². The van der Waals surface area contributed by atoms with Gasteiger partial charge in [0, 0.05) is 13.1 Å². The van der Waals surface area contributed by atoms with Crippen molar-refractivity contribution in [3.05, 3.63) is 23.6 Å². The molecule has 1 aliphatic rings. The summed E-state index contributed by atoms with van der Waals surface area (Å²) in [5.74, 6) is 1.24. The summed E-state index contributed by atoms with van der Waals surface area (Å²) in [5.41, 5.74) is 0.859. The minimum Gasteiger partial charge on any atom is -0.378 e. The van der Waals surface area contributed by atoms with Gasteiger partial charge < -0.3 is 9.26 Å². The lowest BCUT2D eigenvalue weighted by Crippen LogP contribution is -2.39. The van der Waals surface area contributed by atoms with Gasteiger partial charge in [-0.2, -0.15) is 4.98 Å². The van der Waals surface area contributed by atoms with Crippen molar-refractivity contribution >= 4 is 0 Å². The number of hydrogen-bond acceptors (Lipinski definition) is 7. The number of aromatic nitrogens is 5. The Morgan fingerprint density at radius 2 is 2.18 bits per heavy atom. The molecule has 0 bridgehead atoms. The fraction of sp³-hybridized carbons (Fsp3) is 0.714. The van der Waals surface area contributed by atoms with Gasteiger partial charge in [0.15, 0.2) is 5.82 Å². The van der Waals surface area contributed by atoms with Crippen LogP contribution in [0.4, 0.5) is 0 Å². The maximum atomic E-state index is 5.56.